The zero-order valence-corrected chi connectivity index (χ0v) is 8.63. The van der Waals surface area contributed by atoms with E-state index in [-0.39, 0.29) is 5.69 Å². The third-order valence-corrected chi connectivity index (χ3v) is 2.39. The highest BCUT2D eigenvalue weighted by molar-refractivity contribution is 5.33. The summed E-state index contributed by atoms with van der Waals surface area (Å²) < 4.78 is 5.21. The van der Waals surface area contributed by atoms with Gasteiger partial charge in [-0.05, 0) is 24.1 Å². The molecule has 0 aliphatic heterocycles. The lowest BCUT2D eigenvalue weighted by Gasteiger charge is -1.98. The van der Waals surface area contributed by atoms with Crippen LogP contribution in [0, 0.1) is 10.1 Å². The summed E-state index contributed by atoms with van der Waals surface area (Å²) in [5.74, 6) is 0.929. The number of rotatable bonds is 4. The molecule has 1 heterocycles. The van der Waals surface area contributed by atoms with E-state index in [0.29, 0.717) is 0 Å². The van der Waals surface area contributed by atoms with Crippen LogP contribution in [0.15, 0.2) is 47.1 Å². The van der Waals surface area contributed by atoms with Crippen molar-refractivity contribution in [3.63, 3.8) is 0 Å². The molecule has 0 saturated carbocycles. The molecule has 1 aromatic carbocycles. The van der Waals surface area contributed by atoms with Gasteiger partial charge in [-0.3, -0.25) is 10.1 Å². The van der Waals surface area contributed by atoms with E-state index >= 15 is 0 Å². The summed E-state index contributed by atoms with van der Waals surface area (Å²) in [6, 6.07) is 10.4. The van der Waals surface area contributed by atoms with Crippen LogP contribution >= 0.6 is 0 Å². The molecular weight excluding hydrogens is 206 g/mol. The molecule has 82 valence electrons. The number of nitro groups is 1. The second kappa shape index (κ2) is 4.61. The van der Waals surface area contributed by atoms with Crippen LogP contribution in [0.25, 0.3) is 0 Å². The average Bonchev–Trinajstić information content (AvgIpc) is 2.80. The quantitative estimate of drug-likeness (QED) is 0.584. The Balaban J connectivity index is 1.98. The number of non-ortho nitro benzene ring substituents is 1. The van der Waals surface area contributed by atoms with Crippen molar-refractivity contribution in [3.05, 3.63) is 64.1 Å². The van der Waals surface area contributed by atoms with Gasteiger partial charge in [-0.15, -0.1) is 0 Å². The fraction of sp³-hybridized carbons (Fsp3) is 0.167. The third-order valence-electron chi connectivity index (χ3n) is 2.39. The summed E-state index contributed by atoms with van der Waals surface area (Å²) in [5, 5.41) is 10.4. The van der Waals surface area contributed by atoms with Crippen LogP contribution in [0.5, 0.6) is 0 Å². The zero-order chi connectivity index (χ0) is 11.4. The second-order valence-corrected chi connectivity index (χ2v) is 3.50. The van der Waals surface area contributed by atoms with Crippen LogP contribution in [0.2, 0.25) is 0 Å². The lowest BCUT2D eigenvalue weighted by molar-refractivity contribution is -0.384. The predicted octanol–water partition coefficient (Wildman–Crippen LogP) is 2.97. The van der Waals surface area contributed by atoms with E-state index in [1.165, 1.54) is 12.1 Å². The van der Waals surface area contributed by atoms with E-state index in [1.807, 2.05) is 12.1 Å². The molecule has 4 heteroatoms. The van der Waals surface area contributed by atoms with Crippen LogP contribution in [0.3, 0.4) is 0 Å². The van der Waals surface area contributed by atoms with E-state index in [2.05, 4.69) is 0 Å². The Hall–Kier alpha value is -2.10. The van der Waals surface area contributed by atoms with Crippen LogP contribution in [-0.4, -0.2) is 4.92 Å². The van der Waals surface area contributed by atoms with E-state index in [9.17, 15) is 10.1 Å². The summed E-state index contributed by atoms with van der Waals surface area (Å²) in [5.41, 5.74) is 1.20. The minimum Gasteiger partial charge on any atom is -0.469 e. The first-order valence-corrected chi connectivity index (χ1v) is 5.01. The van der Waals surface area contributed by atoms with Gasteiger partial charge in [-0.2, -0.15) is 0 Å². The Morgan fingerprint density at radius 1 is 1.12 bits per heavy atom. The molecule has 2 aromatic rings. The summed E-state index contributed by atoms with van der Waals surface area (Å²) in [6.07, 6.45) is 3.28. The molecule has 0 radical (unpaired) electrons. The van der Waals surface area contributed by atoms with Crippen molar-refractivity contribution in [2.45, 2.75) is 12.8 Å². The fourth-order valence-electron chi connectivity index (χ4n) is 1.51. The minimum absolute atomic E-state index is 0.127. The van der Waals surface area contributed by atoms with E-state index < -0.39 is 4.92 Å². The number of nitrogens with zero attached hydrogens (tertiary/aromatic N) is 1. The molecule has 0 aliphatic carbocycles. The fourth-order valence-corrected chi connectivity index (χ4v) is 1.51. The van der Waals surface area contributed by atoms with Crippen LogP contribution < -0.4 is 0 Å². The van der Waals surface area contributed by atoms with Crippen molar-refractivity contribution < 1.29 is 9.34 Å². The molecule has 0 saturated heterocycles. The van der Waals surface area contributed by atoms with Crippen molar-refractivity contribution in [3.8, 4) is 0 Å². The first-order valence-electron chi connectivity index (χ1n) is 5.01. The van der Waals surface area contributed by atoms with Gasteiger partial charge in [0.25, 0.3) is 5.69 Å². The molecular formula is C12H11NO3. The number of hydrogen-bond acceptors (Lipinski definition) is 3. The van der Waals surface area contributed by atoms with Crippen molar-refractivity contribution >= 4 is 5.69 Å². The van der Waals surface area contributed by atoms with E-state index in [1.54, 1.807) is 18.4 Å². The number of furan rings is 1. The van der Waals surface area contributed by atoms with Gasteiger partial charge in [0.05, 0.1) is 11.2 Å². The van der Waals surface area contributed by atoms with Gasteiger partial charge >= 0.3 is 0 Å². The first kappa shape index (κ1) is 10.4. The van der Waals surface area contributed by atoms with Gasteiger partial charge in [0.15, 0.2) is 0 Å². The average molecular weight is 217 g/mol. The smallest absolute Gasteiger partial charge is 0.269 e. The maximum atomic E-state index is 10.4. The van der Waals surface area contributed by atoms with Crippen LogP contribution in [0.4, 0.5) is 5.69 Å². The van der Waals surface area contributed by atoms with E-state index in [4.69, 9.17) is 4.42 Å². The number of aryl methyl sites for hydroxylation is 2. The second-order valence-electron chi connectivity index (χ2n) is 3.50. The number of benzene rings is 1. The molecule has 1 aromatic heterocycles. The summed E-state index contributed by atoms with van der Waals surface area (Å²) in [7, 11) is 0. The topological polar surface area (TPSA) is 56.3 Å². The Morgan fingerprint density at radius 3 is 2.44 bits per heavy atom. The van der Waals surface area contributed by atoms with Gasteiger partial charge in [-0.1, -0.05) is 12.1 Å². The van der Waals surface area contributed by atoms with Crippen molar-refractivity contribution in [1.29, 1.82) is 0 Å². The van der Waals surface area contributed by atoms with Gasteiger partial charge < -0.3 is 4.42 Å². The SMILES string of the molecule is O=[N+]([O-])c1ccc(CCc2ccco2)cc1. The Labute approximate surface area is 92.7 Å². The predicted molar refractivity (Wildman–Crippen MR) is 59.2 cm³/mol. The van der Waals surface area contributed by atoms with Crippen LogP contribution in [0.1, 0.15) is 11.3 Å². The highest BCUT2D eigenvalue weighted by atomic mass is 16.6. The lowest BCUT2D eigenvalue weighted by Crippen LogP contribution is -1.91. The molecule has 0 atom stereocenters. The van der Waals surface area contributed by atoms with Gasteiger partial charge in [0.2, 0.25) is 0 Å². The summed E-state index contributed by atoms with van der Waals surface area (Å²) >= 11 is 0. The van der Waals surface area contributed by atoms with Crippen LogP contribution in [-0.2, 0) is 12.8 Å². The van der Waals surface area contributed by atoms with Gasteiger partial charge in [0.1, 0.15) is 5.76 Å². The number of nitro benzene ring substituents is 1. The molecule has 0 aliphatic rings. The molecule has 0 spiro atoms. The minimum atomic E-state index is -0.393. The molecule has 0 fully saturated rings. The van der Waals surface area contributed by atoms with E-state index in [0.717, 1.165) is 24.2 Å². The molecule has 0 bridgehead atoms. The molecule has 0 N–H and O–H groups in total. The Morgan fingerprint density at radius 2 is 1.88 bits per heavy atom. The standard InChI is InChI=1S/C12H11NO3/c14-13(15)11-6-3-10(4-7-11)5-8-12-2-1-9-16-12/h1-4,6-7,9H,5,8H2. The highest BCUT2D eigenvalue weighted by Gasteiger charge is 2.04. The Bertz CT molecular complexity index is 460. The van der Waals surface area contributed by atoms with Gasteiger partial charge in [-0.25, -0.2) is 0 Å². The van der Waals surface area contributed by atoms with Crippen molar-refractivity contribution in [1.82, 2.24) is 0 Å². The largest absolute Gasteiger partial charge is 0.469 e. The summed E-state index contributed by atoms with van der Waals surface area (Å²) in [6.45, 7) is 0. The Kier molecular flexibility index (Phi) is 3.00. The monoisotopic (exact) mass is 217 g/mol. The third kappa shape index (κ3) is 2.48. The normalized spacial score (nSPS) is 10.2. The lowest BCUT2D eigenvalue weighted by atomic mass is 10.1. The van der Waals surface area contributed by atoms with Crippen molar-refractivity contribution in [2.24, 2.45) is 0 Å². The maximum absolute atomic E-state index is 10.4. The van der Waals surface area contributed by atoms with Crippen molar-refractivity contribution in [2.75, 3.05) is 0 Å². The zero-order valence-electron chi connectivity index (χ0n) is 8.63. The number of hydrogen-bond donors (Lipinski definition) is 0. The van der Waals surface area contributed by atoms with Gasteiger partial charge in [0, 0.05) is 18.6 Å². The molecule has 2 rings (SSSR count). The molecule has 0 unspecified atom stereocenters. The maximum Gasteiger partial charge on any atom is 0.269 e. The molecule has 4 nitrogen and oxygen atoms in total. The first-order chi connectivity index (χ1) is 7.75. The molecule has 16 heavy (non-hydrogen) atoms. The summed E-state index contributed by atoms with van der Waals surface area (Å²) in [4.78, 5) is 10.1. The molecule has 0 amide bonds. The highest BCUT2D eigenvalue weighted by Crippen LogP contribution is 2.13.